The second kappa shape index (κ2) is 10.1. The van der Waals surface area contributed by atoms with E-state index in [-0.39, 0.29) is 24.1 Å². The van der Waals surface area contributed by atoms with Gasteiger partial charge in [0.2, 0.25) is 12.7 Å². The number of nitrogens with one attached hydrogen (secondary N) is 1. The number of ether oxygens (including phenoxy) is 3. The average Bonchev–Trinajstić information content (AvgIpc) is 3.43. The zero-order valence-corrected chi connectivity index (χ0v) is 19.5. The van der Waals surface area contributed by atoms with Gasteiger partial charge in [-0.2, -0.15) is 0 Å². The number of hydrogen-bond acceptors (Lipinski definition) is 7. The molecule has 1 saturated heterocycles. The van der Waals surface area contributed by atoms with Crippen LogP contribution in [0, 0.1) is 5.82 Å². The first-order chi connectivity index (χ1) is 17.5. The Morgan fingerprint density at radius 2 is 1.89 bits per heavy atom. The number of nitrogens with zero attached hydrogens (tertiary/aromatic N) is 1. The highest BCUT2D eigenvalue weighted by atomic mass is 32.2. The van der Waals surface area contributed by atoms with E-state index < -0.39 is 23.6 Å². The zero-order chi connectivity index (χ0) is 25.1. The Balaban J connectivity index is 1.22. The molecule has 1 fully saturated rings. The van der Waals surface area contributed by atoms with Crippen molar-refractivity contribution in [3.05, 3.63) is 88.6 Å². The molecule has 2 aliphatic heterocycles. The van der Waals surface area contributed by atoms with Crippen LogP contribution >= 0.6 is 11.8 Å². The number of thioether (sulfide) groups is 1. The Kier molecular flexibility index (Phi) is 6.59. The quantitative estimate of drug-likeness (QED) is 0.460. The molecule has 0 aromatic heterocycles. The fraction of sp³-hybridized carbons (Fsp3) is 0.115. The van der Waals surface area contributed by atoms with Gasteiger partial charge in [0.05, 0.1) is 4.91 Å². The van der Waals surface area contributed by atoms with Crippen molar-refractivity contribution in [2.75, 3.05) is 18.7 Å². The third-order valence-electron chi connectivity index (χ3n) is 5.34. The molecule has 0 aliphatic carbocycles. The van der Waals surface area contributed by atoms with E-state index in [2.05, 4.69) is 5.32 Å². The van der Waals surface area contributed by atoms with E-state index in [4.69, 9.17) is 14.2 Å². The lowest BCUT2D eigenvalue weighted by molar-refractivity contribution is -0.127. The maximum Gasteiger partial charge on any atom is 0.294 e. The molecule has 0 bridgehead atoms. The Labute approximate surface area is 209 Å². The number of benzene rings is 3. The van der Waals surface area contributed by atoms with E-state index in [1.165, 1.54) is 6.07 Å². The predicted molar refractivity (Wildman–Crippen MR) is 131 cm³/mol. The molecule has 3 aromatic rings. The number of carbonyl (C=O) groups is 3. The van der Waals surface area contributed by atoms with Crippen molar-refractivity contribution < 1.29 is 33.0 Å². The van der Waals surface area contributed by atoms with Crippen LogP contribution in [-0.4, -0.2) is 35.3 Å². The van der Waals surface area contributed by atoms with Crippen LogP contribution in [0.25, 0.3) is 6.08 Å². The minimum atomic E-state index is -0.566. The van der Waals surface area contributed by atoms with Crippen LogP contribution in [0.3, 0.4) is 0 Å². The van der Waals surface area contributed by atoms with E-state index in [0.29, 0.717) is 34.1 Å². The molecular weight excluding hydrogens is 487 g/mol. The van der Waals surface area contributed by atoms with Crippen LogP contribution in [0.1, 0.15) is 11.1 Å². The van der Waals surface area contributed by atoms with E-state index in [1.807, 2.05) is 0 Å². The van der Waals surface area contributed by atoms with Gasteiger partial charge < -0.3 is 19.5 Å². The van der Waals surface area contributed by atoms with E-state index >= 15 is 0 Å². The number of halogens is 1. The summed E-state index contributed by atoms with van der Waals surface area (Å²) in [6.45, 7) is -0.274. The third kappa shape index (κ3) is 5.18. The third-order valence-corrected chi connectivity index (χ3v) is 6.25. The summed E-state index contributed by atoms with van der Waals surface area (Å²) in [5.41, 5.74) is 1.50. The number of rotatable bonds is 7. The molecule has 0 atom stereocenters. The van der Waals surface area contributed by atoms with E-state index in [1.54, 1.807) is 66.7 Å². The molecule has 182 valence electrons. The molecule has 1 N–H and O–H groups in total. The van der Waals surface area contributed by atoms with Crippen molar-refractivity contribution >= 4 is 40.6 Å². The summed E-state index contributed by atoms with van der Waals surface area (Å²) in [4.78, 5) is 38.8. The first-order valence-electron chi connectivity index (χ1n) is 10.9. The summed E-state index contributed by atoms with van der Waals surface area (Å²) >= 11 is 0.751. The van der Waals surface area contributed by atoms with Crippen LogP contribution in [-0.2, 0) is 16.2 Å². The van der Waals surface area contributed by atoms with Crippen molar-refractivity contribution in [2.45, 2.75) is 6.61 Å². The van der Waals surface area contributed by atoms with Gasteiger partial charge in [-0.25, -0.2) is 4.39 Å². The lowest BCUT2D eigenvalue weighted by Gasteiger charge is -2.12. The molecule has 0 unspecified atom stereocenters. The largest absolute Gasteiger partial charge is 0.489 e. The minimum absolute atomic E-state index is 0.0467. The van der Waals surface area contributed by atoms with Crippen molar-refractivity contribution in [3.8, 4) is 17.2 Å². The smallest absolute Gasteiger partial charge is 0.294 e. The van der Waals surface area contributed by atoms with Crippen molar-refractivity contribution in [1.29, 1.82) is 0 Å². The molecule has 0 radical (unpaired) electrons. The first kappa shape index (κ1) is 23.4. The first-order valence-corrected chi connectivity index (χ1v) is 11.7. The molecule has 2 heterocycles. The fourth-order valence-electron chi connectivity index (χ4n) is 3.58. The summed E-state index contributed by atoms with van der Waals surface area (Å²) in [7, 11) is 0. The predicted octanol–water partition coefficient (Wildman–Crippen LogP) is 4.81. The van der Waals surface area contributed by atoms with E-state index in [9.17, 15) is 18.8 Å². The molecule has 36 heavy (non-hydrogen) atoms. The van der Waals surface area contributed by atoms with Gasteiger partial charge in [0.15, 0.2) is 11.5 Å². The van der Waals surface area contributed by atoms with Crippen molar-refractivity contribution in [3.63, 3.8) is 0 Å². The lowest BCUT2D eigenvalue weighted by Crippen LogP contribution is -2.36. The van der Waals surface area contributed by atoms with Gasteiger partial charge in [0.25, 0.3) is 11.1 Å². The zero-order valence-electron chi connectivity index (χ0n) is 18.7. The van der Waals surface area contributed by atoms with Crippen LogP contribution < -0.4 is 19.5 Å². The Bertz CT molecular complexity index is 1390. The summed E-state index contributed by atoms with van der Waals surface area (Å²) in [6, 6.07) is 18.1. The monoisotopic (exact) mass is 506 g/mol. The molecule has 0 saturated carbocycles. The second-order valence-corrected chi connectivity index (χ2v) is 8.83. The summed E-state index contributed by atoms with van der Waals surface area (Å²) in [5, 5.41) is 2.11. The van der Waals surface area contributed by atoms with Crippen molar-refractivity contribution in [2.24, 2.45) is 0 Å². The average molecular weight is 507 g/mol. The molecule has 0 spiro atoms. The maximum absolute atomic E-state index is 13.8. The van der Waals surface area contributed by atoms with E-state index in [0.717, 1.165) is 16.7 Å². The summed E-state index contributed by atoms with van der Waals surface area (Å²) in [6.07, 6.45) is 1.55. The van der Waals surface area contributed by atoms with Gasteiger partial charge in [-0.05, 0) is 53.7 Å². The van der Waals surface area contributed by atoms with Crippen molar-refractivity contribution in [1.82, 2.24) is 4.90 Å². The molecule has 3 aromatic carbocycles. The van der Waals surface area contributed by atoms with Crippen LogP contribution in [0.2, 0.25) is 0 Å². The molecule has 5 rings (SSSR count). The van der Waals surface area contributed by atoms with Gasteiger partial charge in [0, 0.05) is 17.3 Å². The van der Waals surface area contributed by atoms with Gasteiger partial charge in [-0.3, -0.25) is 19.3 Å². The van der Waals surface area contributed by atoms with Gasteiger partial charge >= 0.3 is 0 Å². The maximum atomic E-state index is 13.8. The highest BCUT2D eigenvalue weighted by molar-refractivity contribution is 8.18. The number of amides is 3. The Morgan fingerprint density at radius 3 is 2.75 bits per heavy atom. The summed E-state index contributed by atoms with van der Waals surface area (Å²) in [5.74, 6) is 0.108. The fourth-order valence-corrected chi connectivity index (χ4v) is 4.42. The topological polar surface area (TPSA) is 94.2 Å². The Morgan fingerprint density at radius 1 is 1.06 bits per heavy atom. The number of anilines is 1. The Hall–Kier alpha value is -4.31. The van der Waals surface area contributed by atoms with Gasteiger partial charge in [-0.1, -0.05) is 30.3 Å². The van der Waals surface area contributed by atoms with Crippen LogP contribution in [0.5, 0.6) is 17.2 Å². The number of fused-ring (bicyclic) bond motifs is 1. The SMILES string of the molecule is O=C(CN1C(=O)S/C(=C/c2cccc(OCc3ccccc3F)c2)C1=O)Nc1ccc2c(c1)OCO2. The summed E-state index contributed by atoms with van der Waals surface area (Å²) < 4.78 is 30.0. The van der Waals surface area contributed by atoms with Gasteiger partial charge in [-0.15, -0.1) is 0 Å². The van der Waals surface area contributed by atoms with Crippen LogP contribution in [0.15, 0.2) is 71.6 Å². The number of hydrogen-bond donors (Lipinski definition) is 1. The second-order valence-electron chi connectivity index (χ2n) is 7.84. The van der Waals surface area contributed by atoms with Crippen LogP contribution in [0.4, 0.5) is 14.9 Å². The standard InChI is InChI=1S/C26H19FN2O6S/c27-20-7-2-1-5-17(20)14-33-19-6-3-4-16(10-19)11-23-25(31)29(26(32)36-23)13-24(30)28-18-8-9-21-22(12-18)35-15-34-21/h1-12H,13-15H2,(H,28,30)/b23-11+. The highest BCUT2D eigenvalue weighted by Crippen LogP contribution is 2.35. The molecule has 10 heteroatoms. The lowest BCUT2D eigenvalue weighted by atomic mass is 10.2. The molecule has 3 amide bonds. The molecule has 2 aliphatic rings. The molecule has 8 nitrogen and oxygen atoms in total. The highest BCUT2D eigenvalue weighted by Gasteiger charge is 2.36. The number of carbonyl (C=O) groups excluding carboxylic acids is 3. The minimum Gasteiger partial charge on any atom is -0.489 e. The number of imide groups is 1. The molecular formula is C26H19FN2O6S. The van der Waals surface area contributed by atoms with Gasteiger partial charge in [0.1, 0.15) is 24.7 Å². The normalized spacial score (nSPS) is 15.5.